The maximum absolute atomic E-state index is 13.3. The van der Waals surface area contributed by atoms with Crippen LogP contribution in [0.2, 0.25) is 0 Å². The van der Waals surface area contributed by atoms with E-state index in [9.17, 15) is 22.8 Å². The minimum Gasteiger partial charge on any atom is -0.422 e. The molecule has 0 atom stereocenters. The van der Waals surface area contributed by atoms with E-state index >= 15 is 0 Å². The molecular weight excluding hydrogens is 457 g/mol. The molecule has 1 amide bonds. The second kappa shape index (κ2) is 8.94. The summed E-state index contributed by atoms with van der Waals surface area (Å²) in [7, 11) is 0. The second-order valence-corrected chi connectivity index (χ2v) is 8.44. The number of amides is 1. The Hall–Kier alpha value is -4.07. The van der Waals surface area contributed by atoms with Crippen molar-refractivity contribution in [1.29, 1.82) is 0 Å². The zero-order valence-electron chi connectivity index (χ0n) is 18.6. The van der Waals surface area contributed by atoms with Gasteiger partial charge in [0.2, 0.25) is 0 Å². The fourth-order valence-corrected chi connectivity index (χ4v) is 4.31. The first-order valence-corrected chi connectivity index (χ1v) is 11.2. The number of nitrogens with zero attached hydrogens (tertiary/aromatic N) is 1. The summed E-state index contributed by atoms with van der Waals surface area (Å²) in [6, 6.07) is 18.6. The van der Waals surface area contributed by atoms with Crippen LogP contribution in [-0.4, -0.2) is 19.0 Å². The van der Waals surface area contributed by atoms with E-state index in [4.69, 9.17) is 4.42 Å². The third-order valence-corrected chi connectivity index (χ3v) is 6.12. The Labute approximate surface area is 198 Å². The number of halogens is 3. The number of hydrogen-bond donors (Lipinski definition) is 1. The quantitative estimate of drug-likeness (QED) is 0.348. The van der Waals surface area contributed by atoms with Crippen molar-refractivity contribution in [2.75, 3.05) is 23.3 Å². The molecule has 0 saturated carbocycles. The number of fused-ring (bicyclic) bond motifs is 1. The van der Waals surface area contributed by atoms with Crippen LogP contribution in [0.4, 0.5) is 24.5 Å². The molecule has 1 saturated heterocycles. The maximum Gasteiger partial charge on any atom is 0.416 e. The van der Waals surface area contributed by atoms with Crippen LogP contribution >= 0.6 is 0 Å². The lowest BCUT2D eigenvalue weighted by atomic mass is 10.0. The topological polar surface area (TPSA) is 62.6 Å². The molecule has 0 spiro atoms. The third-order valence-electron chi connectivity index (χ3n) is 6.12. The molecule has 5 nitrogen and oxygen atoms in total. The van der Waals surface area contributed by atoms with Crippen LogP contribution in [0.15, 0.2) is 82.0 Å². The zero-order chi connectivity index (χ0) is 24.6. The summed E-state index contributed by atoms with van der Waals surface area (Å²) in [4.78, 5) is 27.3. The van der Waals surface area contributed by atoms with Crippen molar-refractivity contribution in [3.05, 3.63) is 94.3 Å². The van der Waals surface area contributed by atoms with Gasteiger partial charge in [0.15, 0.2) is 0 Å². The Kier molecular flexibility index (Phi) is 5.80. The average molecular weight is 478 g/mol. The summed E-state index contributed by atoms with van der Waals surface area (Å²) in [6.07, 6.45) is -2.64. The Bertz CT molecular complexity index is 1450. The highest BCUT2D eigenvalue weighted by Gasteiger charge is 2.32. The molecule has 0 bridgehead atoms. The van der Waals surface area contributed by atoms with Crippen LogP contribution < -0.4 is 15.8 Å². The first-order chi connectivity index (χ1) is 16.8. The SMILES string of the molecule is O=C(Nc1cc(C(F)(F)F)ccc1N1CCCC1)c1ccc(-c2cc3ccccc3oc2=O)cc1. The van der Waals surface area contributed by atoms with Gasteiger partial charge in [0.05, 0.1) is 22.5 Å². The van der Waals surface area contributed by atoms with Crippen LogP contribution in [0.1, 0.15) is 28.8 Å². The molecule has 5 rings (SSSR count). The predicted molar refractivity (Wildman–Crippen MR) is 129 cm³/mol. The molecule has 2 heterocycles. The molecule has 3 aromatic carbocycles. The van der Waals surface area contributed by atoms with Crippen molar-refractivity contribution in [2.24, 2.45) is 0 Å². The molecular formula is C27H21F3N2O3. The first kappa shape index (κ1) is 22.7. The summed E-state index contributed by atoms with van der Waals surface area (Å²) in [6.45, 7) is 1.44. The number of para-hydroxylation sites is 1. The van der Waals surface area contributed by atoms with Gasteiger partial charge in [-0.15, -0.1) is 0 Å². The monoisotopic (exact) mass is 478 g/mol. The molecule has 1 aliphatic rings. The highest BCUT2D eigenvalue weighted by Crippen LogP contribution is 2.36. The molecule has 178 valence electrons. The van der Waals surface area contributed by atoms with E-state index in [0.717, 1.165) is 43.5 Å². The molecule has 0 radical (unpaired) electrons. The van der Waals surface area contributed by atoms with E-state index in [-0.39, 0.29) is 11.3 Å². The van der Waals surface area contributed by atoms with E-state index in [1.165, 1.54) is 18.2 Å². The highest BCUT2D eigenvalue weighted by molar-refractivity contribution is 6.06. The van der Waals surface area contributed by atoms with Crippen molar-refractivity contribution in [3.8, 4) is 11.1 Å². The van der Waals surface area contributed by atoms with E-state index in [1.807, 2.05) is 17.0 Å². The van der Waals surface area contributed by atoms with E-state index < -0.39 is 23.3 Å². The zero-order valence-corrected chi connectivity index (χ0v) is 18.6. The summed E-state index contributed by atoms with van der Waals surface area (Å²) in [5.41, 5.74) is 1.01. The smallest absolute Gasteiger partial charge is 0.416 e. The summed E-state index contributed by atoms with van der Waals surface area (Å²) in [5.74, 6) is -0.540. The number of anilines is 2. The largest absolute Gasteiger partial charge is 0.422 e. The van der Waals surface area contributed by atoms with Crippen molar-refractivity contribution in [2.45, 2.75) is 19.0 Å². The number of nitrogens with one attached hydrogen (secondary N) is 1. The minimum absolute atomic E-state index is 0.117. The van der Waals surface area contributed by atoms with Gasteiger partial charge in [-0.1, -0.05) is 30.3 Å². The number of alkyl halides is 3. The molecule has 4 aromatic rings. The van der Waals surface area contributed by atoms with Gasteiger partial charge in [-0.3, -0.25) is 4.79 Å². The average Bonchev–Trinajstić information content (AvgIpc) is 3.38. The Morgan fingerprint density at radius 2 is 1.63 bits per heavy atom. The van der Waals surface area contributed by atoms with Crippen LogP contribution in [0, 0.1) is 0 Å². The number of hydrogen-bond acceptors (Lipinski definition) is 4. The molecule has 0 unspecified atom stereocenters. The fraction of sp³-hybridized carbons (Fsp3) is 0.185. The third kappa shape index (κ3) is 4.64. The number of rotatable bonds is 4. The van der Waals surface area contributed by atoms with E-state index in [1.54, 1.807) is 30.3 Å². The second-order valence-electron chi connectivity index (χ2n) is 8.44. The Balaban J connectivity index is 1.43. The van der Waals surface area contributed by atoms with Crippen LogP contribution in [0.5, 0.6) is 0 Å². The van der Waals surface area contributed by atoms with Gasteiger partial charge in [0.25, 0.3) is 5.91 Å². The minimum atomic E-state index is -4.52. The predicted octanol–water partition coefficient (Wildman–Crippen LogP) is 6.33. The van der Waals surface area contributed by atoms with Gasteiger partial charge in [0.1, 0.15) is 5.58 Å². The van der Waals surface area contributed by atoms with Gasteiger partial charge in [0, 0.05) is 24.0 Å². The first-order valence-electron chi connectivity index (χ1n) is 11.2. The van der Waals surface area contributed by atoms with E-state index in [2.05, 4.69) is 5.32 Å². The Morgan fingerprint density at radius 1 is 0.914 bits per heavy atom. The lowest BCUT2D eigenvalue weighted by molar-refractivity contribution is -0.137. The van der Waals surface area contributed by atoms with Crippen molar-refractivity contribution < 1.29 is 22.4 Å². The van der Waals surface area contributed by atoms with Crippen LogP contribution in [-0.2, 0) is 6.18 Å². The Morgan fingerprint density at radius 3 is 2.34 bits per heavy atom. The number of carbonyl (C=O) groups is 1. The van der Waals surface area contributed by atoms with Crippen LogP contribution in [0.25, 0.3) is 22.1 Å². The fourth-order valence-electron chi connectivity index (χ4n) is 4.31. The van der Waals surface area contributed by atoms with Gasteiger partial charge in [-0.05, 0) is 60.9 Å². The van der Waals surface area contributed by atoms with Crippen molar-refractivity contribution >= 4 is 28.3 Å². The standard InChI is InChI=1S/C27H21F3N2O3/c28-27(29,30)20-11-12-23(32-13-3-4-14-32)22(16-20)31-25(33)18-9-7-17(8-10-18)21-15-19-5-1-2-6-24(19)35-26(21)34/h1-2,5-12,15-16H,3-4,13-14H2,(H,31,33). The van der Waals surface area contributed by atoms with Gasteiger partial charge in [-0.2, -0.15) is 13.2 Å². The molecule has 35 heavy (non-hydrogen) atoms. The van der Waals surface area contributed by atoms with Crippen molar-refractivity contribution in [1.82, 2.24) is 0 Å². The molecule has 1 N–H and O–H groups in total. The van der Waals surface area contributed by atoms with Gasteiger partial charge >= 0.3 is 11.8 Å². The molecule has 0 aliphatic carbocycles. The van der Waals surface area contributed by atoms with Crippen LogP contribution in [0.3, 0.4) is 0 Å². The molecule has 8 heteroatoms. The maximum atomic E-state index is 13.3. The molecule has 1 aromatic heterocycles. The summed E-state index contributed by atoms with van der Waals surface area (Å²) < 4.78 is 45.3. The lowest BCUT2D eigenvalue weighted by Crippen LogP contribution is -2.22. The van der Waals surface area contributed by atoms with Gasteiger partial charge < -0.3 is 14.6 Å². The lowest BCUT2D eigenvalue weighted by Gasteiger charge is -2.23. The van der Waals surface area contributed by atoms with Gasteiger partial charge in [-0.25, -0.2) is 4.79 Å². The summed E-state index contributed by atoms with van der Waals surface area (Å²) >= 11 is 0. The summed E-state index contributed by atoms with van der Waals surface area (Å²) in [5, 5.41) is 3.42. The van der Waals surface area contributed by atoms with Crippen molar-refractivity contribution in [3.63, 3.8) is 0 Å². The number of carbonyl (C=O) groups excluding carboxylic acids is 1. The number of benzene rings is 3. The molecule has 1 fully saturated rings. The van der Waals surface area contributed by atoms with E-state index in [0.29, 0.717) is 22.4 Å². The normalized spacial score (nSPS) is 13.9. The highest BCUT2D eigenvalue weighted by atomic mass is 19.4. The molecule has 1 aliphatic heterocycles.